The third-order valence-corrected chi connectivity index (χ3v) is 8.23. The quantitative estimate of drug-likeness (QED) is 0.726. The molecular formula is C20H23N3O5S2. The molecule has 8 nitrogen and oxygen atoms in total. The van der Waals surface area contributed by atoms with Crippen molar-refractivity contribution in [3.63, 3.8) is 0 Å². The first-order valence-corrected chi connectivity index (χ1v) is 11.5. The van der Waals surface area contributed by atoms with Gasteiger partial charge in [0.1, 0.15) is 17.1 Å². The van der Waals surface area contributed by atoms with Gasteiger partial charge in [0.15, 0.2) is 11.5 Å². The van der Waals surface area contributed by atoms with E-state index in [2.05, 4.69) is 11.4 Å². The molecule has 1 aromatic heterocycles. The molecule has 10 heteroatoms. The highest BCUT2D eigenvalue weighted by Crippen LogP contribution is 2.35. The van der Waals surface area contributed by atoms with E-state index in [4.69, 9.17) is 9.47 Å². The number of carbonyl (C=O) groups excluding carboxylic acids is 1. The van der Waals surface area contributed by atoms with Crippen molar-refractivity contribution in [2.75, 3.05) is 26.1 Å². The number of thiophene rings is 1. The van der Waals surface area contributed by atoms with Gasteiger partial charge in [-0.3, -0.25) is 4.79 Å². The summed E-state index contributed by atoms with van der Waals surface area (Å²) in [5.74, 6) is 0.274. The van der Waals surface area contributed by atoms with Crippen molar-refractivity contribution in [2.45, 2.75) is 37.6 Å². The third-order valence-electron chi connectivity index (χ3n) is 5.20. The molecule has 1 aromatic carbocycles. The lowest BCUT2D eigenvalue weighted by molar-refractivity contribution is -0.119. The highest BCUT2D eigenvalue weighted by molar-refractivity contribution is 7.89. The molecule has 2 aromatic rings. The van der Waals surface area contributed by atoms with Crippen molar-refractivity contribution in [3.8, 4) is 17.6 Å². The number of anilines is 1. The van der Waals surface area contributed by atoms with Gasteiger partial charge in [0.2, 0.25) is 15.9 Å². The number of ether oxygens (including phenoxy) is 2. The number of amides is 1. The second-order valence-electron chi connectivity index (χ2n) is 6.88. The SMILES string of the molecule is COc1ccc(S(=O)(=O)N2CCCC2C(=O)Nc2sc(C)c(C)c2C#N)cc1OC. The Morgan fingerprint density at radius 2 is 1.97 bits per heavy atom. The van der Waals surface area contributed by atoms with Crippen molar-refractivity contribution in [3.05, 3.63) is 34.2 Å². The predicted molar refractivity (Wildman–Crippen MR) is 114 cm³/mol. The Morgan fingerprint density at radius 1 is 1.27 bits per heavy atom. The fourth-order valence-electron chi connectivity index (χ4n) is 3.45. The zero-order valence-electron chi connectivity index (χ0n) is 17.2. The summed E-state index contributed by atoms with van der Waals surface area (Å²) in [6.45, 7) is 3.94. The molecule has 1 unspecified atom stereocenters. The van der Waals surface area contributed by atoms with Gasteiger partial charge >= 0.3 is 0 Å². The molecule has 1 saturated heterocycles. The summed E-state index contributed by atoms with van der Waals surface area (Å²) in [6, 6.07) is 5.61. The number of sulfonamides is 1. The van der Waals surface area contributed by atoms with Crippen LogP contribution >= 0.6 is 11.3 Å². The summed E-state index contributed by atoms with van der Waals surface area (Å²) < 4.78 is 38.1. The topological polar surface area (TPSA) is 109 Å². The lowest BCUT2D eigenvalue weighted by Crippen LogP contribution is -2.43. The summed E-state index contributed by atoms with van der Waals surface area (Å²) in [5, 5.41) is 12.6. The highest BCUT2D eigenvalue weighted by Gasteiger charge is 2.40. The van der Waals surface area contributed by atoms with Crippen LogP contribution in [0.2, 0.25) is 0 Å². The maximum Gasteiger partial charge on any atom is 0.243 e. The van der Waals surface area contributed by atoms with E-state index in [1.54, 1.807) is 0 Å². The summed E-state index contributed by atoms with van der Waals surface area (Å²) in [5.41, 5.74) is 1.23. The first-order chi connectivity index (χ1) is 14.2. The van der Waals surface area contributed by atoms with Crippen LogP contribution in [-0.2, 0) is 14.8 Å². The Bertz CT molecular complexity index is 1120. The minimum atomic E-state index is -3.93. The first kappa shape index (κ1) is 22.1. The summed E-state index contributed by atoms with van der Waals surface area (Å²) in [4.78, 5) is 13.9. The smallest absolute Gasteiger partial charge is 0.243 e. The van der Waals surface area contributed by atoms with E-state index in [0.29, 0.717) is 34.9 Å². The van der Waals surface area contributed by atoms with Crippen LogP contribution in [0.3, 0.4) is 0 Å². The molecule has 2 heterocycles. The Morgan fingerprint density at radius 3 is 2.60 bits per heavy atom. The van der Waals surface area contributed by atoms with Crippen LogP contribution in [-0.4, -0.2) is 45.4 Å². The highest BCUT2D eigenvalue weighted by atomic mass is 32.2. The fraction of sp³-hybridized carbons (Fsp3) is 0.400. The number of aryl methyl sites for hydroxylation is 1. The molecule has 0 radical (unpaired) electrons. The van der Waals surface area contributed by atoms with Crippen LogP contribution in [0, 0.1) is 25.2 Å². The monoisotopic (exact) mass is 449 g/mol. The third kappa shape index (κ3) is 3.88. The molecule has 1 N–H and O–H groups in total. The number of hydrogen-bond donors (Lipinski definition) is 1. The second-order valence-corrected chi connectivity index (χ2v) is 9.99. The molecule has 0 saturated carbocycles. The van der Waals surface area contributed by atoms with E-state index in [1.165, 1.54) is 48.1 Å². The molecule has 1 aliphatic heterocycles. The van der Waals surface area contributed by atoms with Crippen molar-refractivity contribution >= 4 is 32.3 Å². The van der Waals surface area contributed by atoms with Crippen molar-refractivity contribution in [1.82, 2.24) is 4.31 Å². The second kappa shape index (κ2) is 8.63. The number of nitrogens with one attached hydrogen (secondary N) is 1. The number of rotatable bonds is 6. The average Bonchev–Trinajstić information content (AvgIpc) is 3.33. The van der Waals surface area contributed by atoms with E-state index in [-0.39, 0.29) is 11.4 Å². The molecule has 0 bridgehead atoms. The maximum atomic E-state index is 13.3. The van der Waals surface area contributed by atoms with Crippen LogP contribution in [0.25, 0.3) is 0 Å². The molecule has 1 aliphatic rings. The molecule has 30 heavy (non-hydrogen) atoms. The summed E-state index contributed by atoms with van der Waals surface area (Å²) in [6.07, 6.45) is 0.974. The summed E-state index contributed by atoms with van der Waals surface area (Å²) in [7, 11) is -1.03. The lowest BCUT2D eigenvalue weighted by atomic mass is 10.2. The van der Waals surface area contributed by atoms with Crippen LogP contribution in [0.1, 0.15) is 28.8 Å². The van der Waals surface area contributed by atoms with Gasteiger partial charge in [-0.2, -0.15) is 9.57 Å². The normalized spacial score (nSPS) is 16.8. The van der Waals surface area contributed by atoms with Gasteiger partial charge in [-0.25, -0.2) is 8.42 Å². The van der Waals surface area contributed by atoms with Crippen molar-refractivity contribution in [2.24, 2.45) is 0 Å². The van der Waals surface area contributed by atoms with E-state index < -0.39 is 22.0 Å². The van der Waals surface area contributed by atoms with Crippen LogP contribution in [0.4, 0.5) is 5.00 Å². The van der Waals surface area contributed by atoms with Gasteiger partial charge in [-0.1, -0.05) is 0 Å². The minimum absolute atomic E-state index is 0.0281. The largest absolute Gasteiger partial charge is 0.493 e. The lowest BCUT2D eigenvalue weighted by Gasteiger charge is -2.23. The fourth-order valence-corrected chi connectivity index (χ4v) is 6.13. The molecule has 1 fully saturated rings. The molecule has 0 spiro atoms. The van der Waals surface area contributed by atoms with Gasteiger partial charge in [0, 0.05) is 17.5 Å². The van der Waals surface area contributed by atoms with Gasteiger partial charge in [-0.15, -0.1) is 11.3 Å². The molecule has 160 valence electrons. The molecule has 1 amide bonds. The number of hydrogen-bond acceptors (Lipinski definition) is 7. The number of carbonyl (C=O) groups is 1. The van der Waals surface area contributed by atoms with Crippen molar-refractivity contribution in [1.29, 1.82) is 5.26 Å². The molecular weight excluding hydrogens is 426 g/mol. The number of methoxy groups -OCH3 is 2. The van der Waals surface area contributed by atoms with Crippen LogP contribution < -0.4 is 14.8 Å². The Balaban J connectivity index is 1.89. The zero-order chi connectivity index (χ0) is 22.1. The van der Waals surface area contributed by atoms with Crippen molar-refractivity contribution < 1.29 is 22.7 Å². The maximum absolute atomic E-state index is 13.3. The first-order valence-electron chi connectivity index (χ1n) is 9.29. The van der Waals surface area contributed by atoms with Gasteiger partial charge < -0.3 is 14.8 Å². The van der Waals surface area contributed by atoms with E-state index in [0.717, 1.165) is 10.4 Å². The molecule has 0 aliphatic carbocycles. The van der Waals surface area contributed by atoms with Crippen LogP contribution in [0.15, 0.2) is 23.1 Å². The molecule has 3 rings (SSSR count). The predicted octanol–water partition coefficient (Wildman–Crippen LogP) is 3.05. The number of nitrogens with zero attached hydrogens (tertiary/aromatic N) is 2. The Kier molecular flexibility index (Phi) is 6.36. The number of nitriles is 1. The average molecular weight is 450 g/mol. The molecule has 1 atom stereocenters. The number of benzene rings is 1. The minimum Gasteiger partial charge on any atom is -0.493 e. The Hall–Kier alpha value is -2.61. The zero-order valence-corrected chi connectivity index (χ0v) is 18.8. The van der Waals surface area contributed by atoms with Gasteiger partial charge in [-0.05, 0) is 44.4 Å². The van der Waals surface area contributed by atoms with Gasteiger partial charge in [0.05, 0.1) is 24.7 Å². The summed E-state index contributed by atoms with van der Waals surface area (Å²) >= 11 is 1.31. The van der Waals surface area contributed by atoms with Crippen LogP contribution in [0.5, 0.6) is 11.5 Å². The van der Waals surface area contributed by atoms with E-state index >= 15 is 0 Å². The van der Waals surface area contributed by atoms with E-state index in [1.807, 2.05) is 13.8 Å². The Labute approximate surface area is 180 Å². The standard InChI is InChI=1S/C20H23N3O5S2/c1-12-13(2)29-20(15(12)11-21)22-19(24)16-6-5-9-23(16)30(25,26)14-7-8-17(27-3)18(10-14)28-4/h7-8,10,16H,5-6,9H2,1-4H3,(H,22,24). The van der Waals surface area contributed by atoms with Gasteiger partial charge in [0.25, 0.3) is 0 Å². The van der Waals surface area contributed by atoms with E-state index in [9.17, 15) is 18.5 Å².